The van der Waals surface area contributed by atoms with Crippen LogP contribution in [0, 0.1) is 6.92 Å². The number of rotatable bonds is 7. The summed E-state index contributed by atoms with van der Waals surface area (Å²) in [4.78, 5) is 16.7. The van der Waals surface area contributed by atoms with Crippen molar-refractivity contribution in [2.45, 2.75) is 20.5 Å². The van der Waals surface area contributed by atoms with Gasteiger partial charge in [-0.1, -0.05) is 12.1 Å². The Morgan fingerprint density at radius 1 is 1.18 bits per heavy atom. The zero-order valence-electron chi connectivity index (χ0n) is 15.2. The zero-order chi connectivity index (χ0) is 20.1. The molecule has 0 fully saturated rings. The lowest BCUT2D eigenvalue weighted by molar-refractivity contribution is -0.0498. The van der Waals surface area contributed by atoms with Crippen molar-refractivity contribution in [3.63, 3.8) is 0 Å². The van der Waals surface area contributed by atoms with Crippen LogP contribution in [0.3, 0.4) is 0 Å². The number of amides is 1. The summed E-state index contributed by atoms with van der Waals surface area (Å²) in [5, 5.41) is 6.93. The van der Waals surface area contributed by atoms with Gasteiger partial charge in [0.2, 0.25) is 5.82 Å². The van der Waals surface area contributed by atoms with Crippen LogP contribution in [0.4, 0.5) is 14.5 Å². The first kappa shape index (κ1) is 19.3. The number of ether oxygens (including phenoxy) is 2. The van der Waals surface area contributed by atoms with Crippen molar-refractivity contribution in [1.29, 1.82) is 0 Å². The molecule has 1 N–H and O–H groups in total. The van der Waals surface area contributed by atoms with Gasteiger partial charge in [0.15, 0.2) is 0 Å². The molecule has 0 aliphatic rings. The van der Waals surface area contributed by atoms with Gasteiger partial charge in [0.05, 0.1) is 18.0 Å². The molecule has 0 aliphatic heterocycles. The van der Waals surface area contributed by atoms with Gasteiger partial charge in [-0.25, -0.2) is 9.67 Å². The minimum atomic E-state index is -2.89. The number of hydrogen-bond acceptors (Lipinski definition) is 5. The summed E-state index contributed by atoms with van der Waals surface area (Å²) >= 11 is 0. The fourth-order valence-corrected chi connectivity index (χ4v) is 2.53. The maximum atomic E-state index is 12.5. The number of hydrogen-bond donors (Lipinski definition) is 1. The van der Waals surface area contributed by atoms with Gasteiger partial charge >= 0.3 is 6.61 Å². The normalized spacial score (nSPS) is 10.8. The van der Waals surface area contributed by atoms with Crippen LogP contribution in [0.25, 0.3) is 5.69 Å². The Bertz CT molecular complexity index is 958. The fraction of sp³-hybridized carbons (Fsp3) is 0.211. The van der Waals surface area contributed by atoms with Crippen LogP contribution in [-0.4, -0.2) is 33.9 Å². The monoisotopic (exact) mass is 388 g/mol. The van der Waals surface area contributed by atoms with E-state index in [4.69, 9.17) is 4.74 Å². The van der Waals surface area contributed by atoms with Gasteiger partial charge in [-0.2, -0.15) is 8.78 Å². The number of aromatic nitrogens is 3. The molecule has 146 valence electrons. The molecule has 0 radical (unpaired) electrons. The molecule has 0 atom stereocenters. The van der Waals surface area contributed by atoms with E-state index in [1.807, 2.05) is 6.92 Å². The fourth-order valence-electron chi connectivity index (χ4n) is 2.53. The quantitative estimate of drug-likeness (QED) is 0.666. The van der Waals surface area contributed by atoms with Crippen molar-refractivity contribution in [2.24, 2.45) is 0 Å². The summed E-state index contributed by atoms with van der Waals surface area (Å²) < 4.78 is 35.8. The van der Waals surface area contributed by atoms with Crippen LogP contribution in [0.1, 0.15) is 23.4 Å². The summed E-state index contributed by atoms with van der Waals surface area (Å²) in [6.45, 7) is 1.10. The number of carbonyl (C=O) groups excluding carboxylic acids is 1. The second kappa shape index (κ2) is 8.47. The number of anilines is 1. The van der Waals surface area contributed by atoms with Gasteiger partial charge in [0.25, 0.3) is 5.91 Å². The van der Waals surface area contributed by atoms with Gasteiger partial charge in [0.1, 0.15) is 17.3 Å². The third-order valence-corrected chi connectivity index (χ3v) is 3.71. The lowest BCUT2D eigenvalue weighted by Crippen LogP contribution is -2.15. The summed E-state index contributed by atoms with van der Waals surface area (Å²) in [5.41, 5.74) is 1.07. The van der Waals surface area contributed by atoms with Gasteiger partial charge in [0, 0.05) is 0 Å². The molecular weight excluding hydrogens is 370 g/mol. The van der Waals surface area contributed by atoms with Gasteiger partial charge < -0.3 is 14.8 Å². The number of para-hydroxylation sites is 2. The molecule has 0 unspecified atom stereocenters. The minimum Gasteiger partial charge on any atom is -0.492 e. The van der Waals surface area contributed by atoms with Crippen molar-refractivity contribution >= 4 is 11.6 Å². The van der Waals surface area contributed by atoms with E-state index in [-0.39, 0.29) is 11.6 Å². The molecule has 28 heavy (non-hydrogen) atoms. The zero-order valence-corrected chi connectivity index (χ0v) is 15.2. The molecule has 2 aromatic carbocycles. The molecule has 7 nitrogen and oxygen atoms in total. The summed E-state index contributed by atoms with van der Waals surface area (Å²) in [6, 6.07) is 12.9. The Hall–Kier alpha value is -3.49. The third kappa shape index (κ3) is 4.43. The molecule has 3 aromatic rings. The van der Waals surface area contributed by atoms with E-state index in [9.17, 15) is 13.6 Å². The van der Waals surface area contributed by atoms with Crippen molar-refractivity contribution in [3.8, 4) is 17.2 Å². The Kier molecular flexibility index (Phi) is 5.83. The van der Waals surface area contributed by atoms with Crippen molar-refractivity contribution in [2.75, 3.05) is 11.9 Å². The van der Waals surface area contributed by atoms with E-state index in [0.717, 1.165) is 0 Å². The molecule has 0 bridgehead atoms. The minimum absolute atomic E-state index is 0.0296. The van der Waals surface area contributed by atoms with Crippen LogP contribution in [0.15, 0.2) is 48.5 Å². The Morgan fingerprint density at radius 3 is 2.57 bits per heavy atom. The van der Waals surface area contributed by atoms with Crippen molar-refractivity contribution in [3.05, 3.63) is 60.2 Å². The number of nitrogens with one attached hydrogen (secondary N) is 1. The predicted octanol–water partition coefficient (Wildman–Crippen LogP) is 3.83. The first-order chi connectivity index (χ1) is 13.5. The maximum Gasteiger partial charge on any atom is 0.387 e. The van der Waals surface area contributed by atoms with Gasteiger partial charge in [-0.05, 0) is 50.2 Å². The lowest BCUT2D eigenvalue weighted by atomic mass is 10.3. The van der Waals surface area contributed by atoms with E-state index in [0.29, 0.717) is 29.6 Å². The van der Waals surface area contributed by atoms with Gasteiger partial charge in [-0.15, -0.1) is 5.10 Å². The van der Waals surface area contributed by atoms with Crippen LogP contribution < -0.4 is 14.8 Å². The number of halogens is 2. The highest BCUT2D eigenvalue weighted by Gasteiger charge is 2.17. The molecule has 9 heteroatoms. The van der Waals surface area contributed by atoms with E-state index in [1.54, 1.807) is 43.3 Å². The summed E-state index contributed by atoms with van der Waals surface area (Å²) in [5.74, 6) is 0.514. The van der Waals surface area contributed by atoms with Crippen LogP contribution >= 0.6 is 0 Å². The van der Waals surface area contributed by atoms with Crippen molar-refractivity contribution in [1.82, 2.24) is 14.8 Å². The average Bonchev–Trinajstić information content (AvgIpc) is 3.05. The first-order valence-corrected chi connectivity index (χ1v) is 8.50. The molecule has 0 aliphatic carbocycles. The van der Waals surface area contributed by atoms with Crippen LogP contribution in [-0.2, 0) is 0 Å². The van der Waals surface area contributed by atoms with E-state index in [2.05, 4.69) is 20.1 Å². The second-order valence-electron chi connectivity index (χ2n) is 5.65. The first-order valence-electron chi connectivity index (χ1n) is 8.50. The Labute approximate surface area is 159 Å². The average molecular weight is 388 g/mol. The molecule has 1 heterocycles. The SMILES string of the molecule is CCOc1ccccc1NC(=O)c1nc(C)n(-c2ccc(OC(F)F)cc2)n1. The number of alkyl halides is 2. The molecule has 1 amide bonds. The molecular formula is C19H18F2N4O3. The number of nitrogens with zero attached hydrogens (tertiary/aromatic N) is 3. The standard InChI is InChI=1S/C19H18F2N4O3/c1-3-27-16-7-5-4-6-15(16)23-18(26)17-22-12(2)25(24-17)13-8-10-14(11-9-13)28-19(20)21/h4-11,19H,3H2,1-2H3,(H,23,26). The largest absolute Gasteiger partial charge is 0.492 e. The highest BCUT2D eigenvalue weighted by molar-refractivity contribution is 6.02. The smallest absolute Gasteiger partial charge is 0.387 e. The topological polar surface area (TPSA) is 78.3 Å². The third-order valence-electron chi connectivity index (χ3n) is 3.71. The molecule has 0 spiro atoms. The lowest BCUT2D eigenvalue weighted by Gasteiger charge is -2.09. The predicted molar refractivity (Wildman–Crippen MR) is 98.3 cm³/mol. The highest BCUT2D eigenvalue weighted by atomic mass is 19.3. The molecule has 0 saturated carbocycles. The summed E-state index contributed by atoms with van der Waals surface area (Å²) in [6.07, 6.45) is 0. The maximum absolute atomic E-state index is 12.5. The number of carbonyl (C=O) groups is 1. The van der Waals surface area contributed by atoms with E-state index < -0.39 is 12.5 Å². The van der Waals surface area contributed by atoms with E-state index >= 15 is 0 Å². The van der Waals surface area contributed by atoms with E-state index in [1.165, 1.54) is 16.8 Å². The number of benzene rings is 2. The molecule has 3 rings (SSSR count). The molecule has 0 saturated heterocycles. The van der Waals surface area contributed by atoms with Crippen molar-refractivity contribution < 1.29 is 23.0 Å². The highest BCUT2D eigenvalue weighted by Crippen LogP contribution is 2.24. The van der Waals surface area contributed by atoms with Crippen LogP contribution in [0.2, 0.25) is 0 Å². The van der Waals surface area contributed by atoms with Crippen LogP contribution in [0.5, 0.6) is 11.5 Å². The summed E-state index contributed by atoms with van der Waals surface area (Å²) in [7, 11) is 0. The van der Waals surface area contributed by atoms with Gasteiger partial charge in [-0.3, -0.25) is 4.79 Å². The Morgan fingerprint density at radius 2 is 1.89 bits per heavy atom. The second-order valence-corrected chi connectivity index (χ2v) is 5.65. The number of aryl methyl sites for hydroxylation is 1. The Balaban J connectivity index is 1.79. The molecule has 1 aromatic heterocycles.